The van der Waals surface area contributed by atoms with Crippen LogP contribution in [0.5, 0.6) is 0 Å². The predicted molar refractivity (Wildman–Crippen MR) is 85.3 cm³/mol. The van der Waals surface area contributed by atoms with Crippen molar-refractivity contribution < 1.29 is 4.39 Å². The third-order valence-corrected chi connectivity index (χ3v) is 3.84. The fraction of sp³-hybridized carbons (Fsp3) is 0.333. The highest BCUT2D eigenvalue weighted by molar-refractivity contribution is 5.22. The molecule has 0 radical (unpaired) electrons. The molecule has 0 aromatic heterocycles. The number of likely N-dealkylation sites (N-methyl/N-ethyl adjacent to an activating group) is 1. The molecule has 0 saturated heterocycles. The van der Waals surface area contributed by atoms with E-state index in [-0.39, 0.29) is 17.9 Å². The Bertz CT molecular complexity index is 539. The lowest BCUT2D eigenvalue weighted by atomic mass is 9.96. The molecule has 0 aliphatic rings. The molecule has 0 spiro atoms. The Morgan fingerprint density at radius 2 is 1.67 bits per heavy atom. The summed E-state index contributed by atoms with van der Waals surface area (Å²) < 4.78 is 13.1. The van der Waals surface area contributed by atoms with Gasteiger partial charge in [-0.1, -0.05) is 49.4 Å². The highest BCUT2D eigenvalue weighted by Gasteiger charge is 2.23. The summed E-state index contributed by atoms with van der Waals surface area (Å²) in [5.74, 6) is -0.215. The van der Waals surface area contributed by atoms with Crippen LogP contribution < -0.4 is 5.73 Å². The lowest BCUT2D eigenvalue weighted by molar-refractivity contribution is 0.201. The average Bonchev–Trinajstić information content (AvgIpc) is 2.50. The van der Waals surface area contributed by atoms with Gasteiger partial charge in [0.2, 0.25) is 0 Å². The van der Waals surface area contributed by atoms with Gasteiger partial charge in [0.05, 0.1) is 0 Å². The normalized spacial score (nSPS) is 14.1. The van der Waals surface area contributed by atoms with E-state index in [0.717, 1.165) is 18.5 Å². The van der Waals surface area contributed by atoms with Crippen LogP contribution in [0.4, 0.5) is 4.39 Å². The minimum absolute atomic E-state index is 0.0178. The maximum atomic E-state index is 13.1. The van der Waals surface area contributed by atoms with Crippen molar-refractivity contribution in [2.75, 3.05) is 7.05 Å². The first kappa shape index (κ1) is 15.7. The molecule has 3 heteroatoms. The topological polar surface area (TPSA) is 29.3 Å². The smallest absolute Gasteiger partial charge is 0.123 e. The number of nitrogens with two attached hydrogens (primary N) is 1. The molecule has 0 aliphatic carbocycles. The molecule has 0 amide bonds. The van der Waals surface area contributed by atoms with E-state index < -0.39 is 0 Å². The maximum absolute atomic E-state index is 13.1. The van der Waals surface area contributed by atoms with Crippen molar-refractivity contribution in [3.8, 4) is 0 Å². The van der Waals surface area contributed by atoms with E-state index in [1.807, 2.05) is 30.3 Å². The molecule has 2 nitrogen and oxygen atoms in total. The van der Waals surface area contributed by atoms with E-state index in [2.05, 4.69) is 31.0 Å². The van der Waals surface area contributed by atoms with E-state index in [0.29, 0.717) is 0 Å². The van der Waals surface area contributed by atoms with Crippen molar-refractivity contribution in [3.05, 3.63) is 71.5 Å². The third kappa shape index (κ3) is 4.13. The van der Waals surface area contributed by atoms with Gasteiger partial charge in [0.1, 0.15) is 5.82 Å². The molecule has 0 bridgehead atoms. The molecule has 2 rings (SSSR count). The van der Waals surface area contributed by atoms with Gasteiger partial charge in [0, 0.05) is 18.6 Å². The summed E-state index contributed by atoms with van der Waals surface area (Å²) >= 11 is 0. The van der Waals surface area contributed by atoms with Gasteiger partial charge < -0.3 is 5.73 Å². The molecule has 2 atom stereocenters. The summed E-state index contributed by atoms with van der Waals surface area (Å²) in [6.07, 6.45) is 0.876. The van der Waals surface area contributed by atoms with Gasteiger partial charge in [0.25, 0.3) is 0 Å². The number of rotatable bonds is 6. The molecular formula is C18H23FN2. The van der Waals surface area contributed by atoms with Crippen molar-refractivity contribution in [1.82, 2.24) is 4.90 Å². The van der Waals surface area contributed by atoms with Crippen LogP contribution in [-0.2, 0) is 6.54 Å². The van der Waals surface area contributed by atoms with Crippen LogP contribution in [0.15, 0.2) is 54.6 Å². The van der Waals surface area contributed by atoms with Crippen molar-refractivity contribution in [3.63, 3.8) is 0 Å². The van der Waals surface area contributed by atoms with Gasteiger partial charge in [-0.05, 0) is 36.7 Å². The third-order valence-electron chi connectivity index (χ3n) is 3.84. The summed E-state index contributed by atoms with van der Waals surface area (Å²) in [6, 6.07) is 17.1. The van der Waals surface area contributed by atoms with Gasteiger partial charge >= 0.3 is 0 Å². The number of benzene rings is 2. The fourth-order valence-corrected chi connectivity index (χ4v) is 2.68. The second-order valence-corrected chi connectivity index (χ2v) is 5.47. The number of hydrogen-bond acceptors (Lipinski definition) is 2. The maximum Gasteiger partial charge on any atom is 0.123 e. The van der Waals surface area contributed by atoms with Gasteiger partial charge in [-0.15, -0.1) is 0 Å². The first-order valence-electron chi connectivity index (χ1n) is 7.37. The Kier molecular flexibility index (Phi) is 5.48. The summed E-state index contributed by atoms with van der Waals surface area (Å²) in [4.78, 5) is 2.23. The predicted octanol–water partition coefficient (Wildman–Crippen LogP) is 3.74. The SMILES string of the molecule is CCC(N)C(c1ccc(F)cc1)N(C)Cc1ccccc1. The average molecular weight is 286 g/mol. The molecule has 0 fully saturated rings. The van der Waals surface area contributed by atoms with Gasteiger partial charge in [-0.25, -0.2) is 4.39 Å². The second kappa shape index (κ2) is 7.34. The molecule has 0 heterocycles. The van der Waals surface area contributed by atoms with Crippen LogP contribution in [0.1, 0.15) is 30.5 Å². The molecular weight excluding hydrogens is 263 g/mol. The quantitative estimate of drug-likeness (QED) is 0.876. The molecule has 2 unspecified atom stereocenters. The van der Waals surface area contributed by atoms with E-state index in [9.17, 15) is 4.39 Å². The van der Waals surface area contributed by atoms with E-state index in [1.54, 1.807) is 0 Å². The minimum atomic E-state index is -0.215. The van der Waals surface area contributed by atoms with Crippen molar-refractivity contribution in [2.24, 2.45) is 5.73 Å². The Balaban J connectivity index is 2.21. The molecule has 112 valence electrons. The standard InChI is InChI=1S/C18H23FN2/c1-3-17(20)18(15-9-11-16(19)12-10-15)21(2)13-14-7-5-4-6-8-14/h4-12,17-18H,3,13,20H2,1-2H3. The summed E-state index contributed by atoms with van der Waals surface area (Å²) in [5.41, 5.74) is 8.61. The first-order chi connectivity index (χ1) is 10.1. The lowest BCUT2D eigenvalue weighted by Crippen LogP contribution is -2.38. The van der Waals surface area contributed by atoms with Gasteiger partial charge in [-0.3, -0.25) is 4.90 Å². The Labute approximate surface area is 126 Å². The van der Waals surface area contributed by atoms with Crippen LogP contribution in [0.25, 0.3) is 0 Å². The molecule has 2 N–H and O–H groups in total. The summed E-state index contributed by atoms with van der Waals surface area (Å²) in [5, 5.41) is 0. The summed E-state index contributed by atoms with van der Waals surface area (Å²) in [6.45, 7) is 2.90. The number of nitrogens with zero attached hydrogens (tertiary/aromatic N) is 1. The van der Waals surface area contributed by atoms with E-state index in [1.165, 1.54) is 17.7 Å². The fourth-order valence-electron chi connectivity index (χ4n) is 2.68. The first-order valence-corrected chi connectivity index (χ1v) is 7.37. The van der Waals surface area contributed by atoms with Crippen LogP contribution in [0.3, 0.4) is 0 Å². The van der Waals surface area contributed by atoms with Crippen LogP contribution in [0.2, 0.25) is 0 Å². The summed E-state index contributed by atoms with van der Waals surface area (Å²) in [7, 11) is 2.07. The van der Waals surface area contributed by atoms with E-state index in [4.69, 9.17) is 5.73 Å². The number of halogens is 1. The van der Waals surface area contributed by atoms with Gasteiger partial charge in [-0.2, -0.15) is 0 Å². The second-order valence-electron chi connectivity index (χ2n) is 5.47. The van der Waals surface area contributed by atoms with Crippen LogP contribution in [-0.4, -0.2) is 18.0 Å². The monoisotopic (exact) mass is 286 g/mol. The van der Waals surface area contributed by atoms with Crippen molar-refractivity contribution in [1.29, 1.82) is 0 Å². The molecule has 0 aliphatic heterocycles. The van der Waals surface area contributed by atoms with Crippen molar-refractivity contribution in [2.45, 2.75) is 32.0 Å². The zero-order valence-electron chi connectivity index (χ0n) is 12.7. The Morgan fingerprint density at radius 3 is 2.24 bits per heavy atom. The van der Waals surface area contributed by atoms with E-state index >= 15 is 0 Å². The largest absolute Gasteiger partial charge is 0.326 e. The van der Waals surface area contributed by atoms with Crippen LogP contribution >= 0.6 is 0 Å². The molecule has 2 aromatic rings. The minimum Gasteiger partial charge on any atom is -0.326 e. The van der Waals surface area contributed by atoms with Gasteiger partial charge in [0.15, 0.2) is 0 Å². The Morgan fingerprint density at radius 1 is 1.05 bits per heavy atom. The van der Waals surface area contributed by atoms with Crippen LogP contribution in [0, 0.1) is 5.82 Å². The number of hydrogen-bond donors (Lipinski definition) is 1. The zero-order chi connectivity index (χ0) is 15.2. The molecule has 21 heavy (non-hydrogen) atoms. The Hall–Kier alpha value is -1.71. The molecule has 2 aromatic carbocycles. The zero-order valence-corrected chi connectivity index (χ0v) is 12.7. The van der Waals surface area contributed by atoms with Crippen molar-refractivity contribution >= 4 is 0 Å². The molecule has 0 saturated carbocycles. The lowest BCUT2D eigenvalue weighted by Gasteiger charge is -2.33. The highest BCUT2D eigenvalue weighted by atomic mass is 19.1. The highest BCUT2D eigenvalue weighted by Crippen LogP contribution is 2.25.